The van der Waals surface area contributed by atoms with E-state index in [0.717, 1.165) is 31.6 Å². The monoisotopic (exact) mass is 402 g/mol. The molecule has 0 aromatic carbocycles. The molecule has 8 atom stereocenters. The normalized spacial score (nSPS) is 45.7. The Bertz CT molecular complexity index is 636. The Kier molecular flexibility index (Phi) is 6.01. The van der Waals surface area contributed by atoms with Crippen LogP contribution < -0.4 is 0 Å². The van der Waals surface area contributed by atoms with Gasteiger partial charge in [0.2, 0.25) is 0 Å². The summed E-state index contributed by atoms with van der Waals surface area (Å²) >= 11 is 0. The first kappa shape index (κ1) is 21.9. The van der Waals surface area contributed by atoms with E-state index in [4.69, 9.17) is 0 Å². The highest BCUT2D eigenvalue weighted by atomic mass is 16.3. The van der Waals surface area contributed by atoms with Crippen molar-refractivity contribution in [3.63, 3.8) is 0 Å². The number of rotatable bonds is 5. The second kappa shape index (κ2) is 7.97. The van der Waals surface area contributed by atoms with E-state index in [2.05, 4.69) is 34.6 Å². The van der Waals surface area contributed by atoms with Gasteiger partial charge in [0.05, 0.1) is 12.2 Å². The Labute approximate surface area is 179 Å². The molecule has 0 spiro atoms. The van der Waals surface area contributed by atoms with Crippen LogP contribution in [0.5, 0.6) is 0 Å². The minimum Gasteiger partial charge on any atom is -0.393 e. The number of aliphatic hydroxyl groups is 2. The predicted octanol–water partition coefficient (Wildman–Crippen LogP) is 6.50. The number of allylic oxidation sites excluding steroid dienone is 1. The molecule has 0 saturated heterocycles. The third-order valence-electron chi connectivity index (χ3n) is 10.3. The lowest BCUT2D eigenvalue weighted by molar-refractivity contribution is -0.0729. The van der Waals surface area contributed by atoms with E-state index in [1.807, 2.05) is 0 Å². The maximum absolute atomic E-state index is 11.6. The van der Waals surface area contributed by atoms with Gasteiger partial charge in [-0.25, -0.2) is 0 Å². The van der Waals surface area contributed by atoms with Gasteiger partial charge in [-0.05, 0) is 86.4 Å². The van der Waals surface area contributed by atoms with Crippen LogP contribution in [0.3, 0.4) is 0 Å². The molecule has 4 aliphatic rings. The van der Waals surface area contributed by atoms with E-state index in [-0.39, 0.29) is 17.6 Å². The van der Waals surface area contributed by atoms with Crippen LogP contribution in [0.25, 0.3) is 0 Å². The standard InChI is InChI=1S/C27H46O2/c1-17(2)7-6-8-18(3)22-11-12-23-21-10-9-19-15-20(28)13-14-26(19,4)24(21)16-25(29)27(22,23)5/h17-20,22,24-25,28-29H,6-16H2,1-5H3/t18-,19+,20+,22-,24+,25-,26+,27-/m1/s1. The van der Waals surface area contributed by atoms with Crippen LogP contribution in [0.2, 0.25) is 0 Å². The van der Waals surface area contributed by atoms with Crippen molar-refractivity contribution in [2.24, 2.45) is 40.4 Å². The van der Waals surface area contributed by atoms with Gasteiger partial charge in [-0.3, -0.25) is 0 Å². The highest BCUT2D eigenvalue weighted by Crippen LogP contribution is 2.65. The summed E-state index contributed by atoms with van der Waals surface area (Å²) in [6.45, 7) is 12.0. The maximum atomic E-state index is 11.6. The third-order valence-corrected chi connectivity index (χ3v) is 10.3. The second-order valence-electron chi connectivity index (χ2n) is 12.2. The zero-order chi connectivity index (χ0) is 21.0. The van der Waals surface area contributed by atoms with Gasteiger partial charge in [0, 0.05) is 5.41 Å². The highest BCUT2D eigenvalue weighted by Gasteiger charge is 2.58. The van der Waals surface area contributed by atoms with Gasteiger partial charge < -0.3 is 10.2 Å². The molecule has 29 heavy (non-hydrogen) atoms. The van der Waals surface area contributed by atoms with Crippen LogP contribution in [-0.2, 0) is 0 Å². The fourth-order valence-corrected chi connectivity index (χ4v) is 8.42. The Morgan fingerprint density at radius 3 is 2.45 bits per heavy atom. The first-order valence-electron chi connectivity index (χ1n) is 12.8. The molecular formula is C27H46O2. The molecule has 2 nitrogen and oxygen atoms in total. The first-order chi connectivity index (χ1) is 13.7. The molecular weight excluding hydrogens is 356 g/mol. The lowest BCUT2D eigenvalue weighted by Gasteiger charge is -2.58. The fraction of sp³-hybridized carbons (Fsp3) is 0.926. The lowest BCUT2D eigenvalue weighted by Crippen LogP contribution is -2.52. The summed E-state index contributed by atoms with van der Waals surface area (Å²) in [5.74, 6) is 3.35. The van der Waals surface area contributed by atoms with Gasteiger partial charge in [-0.2, -0.15) is 0 Å². The van der Waals surface area contributed by atoms with Crippen LogP contribution in [0.4, 0.5) is 0 Å². The van der Waals surface area contributed by atoms with Crippen molar-refractivity contribution in [2.45, 2.75) is 117 Å². The topological polar surface area (TPSA) is 40.5 Å². The number of aliphatic hydroxyl groups excluding tert-OH is 2. The van der Waals surface area contributed by atoms with Crippen LogP contribution in [0, 0.1) is 40.4 Å². The molecule has 0 unspecified atom stereocenters. The molecule has 2 heteroatoms. The molecule has 2 N–H and O–H groups in total. The molecule has 0 radical (unpaired) electrons. The largest absolute Gasteiger partial charge is 0.393 e. The Balaban J connectivity index is 1.59. The third kappa shape index (κ3) is 3.55. The molecule has 0 heterocycles. The quantitative estimate of drug-likeness (QED) is 0.515. The summed E-state index contributed by atoms with van der Waals surface area (Å²) < 4.78 is 0. The van der Waals surface area contributed by atoms with E-state index >= 15 is 0 Å². The molecule has 4 rings (SSSR count). The smallest absolute Gasteiger partial charge is 0.0639 e. The van der Waals surface area contributed by atoms with E-state index in [0.29, 0.717) is 29.1 Å². The average molecular weight is 403 g/mol. The molecule has 0 aliphatic heterocycles. The van der Waals surface area contributed by atoms with Gasteiger partial charge in [0.1, 0.15) is 0 Å². The zero-order valence-electron chi connectivity index (χ0n) is 19.7. The molecule has 0 aromatic rings. The van der Waals surface area contributed by atoms with Gasteiger partial charge in [0.15, 0.2) is 0 Å². The summed E-state index contributed by atoms with van der Waals surface area (Å²) in [6.07, 6.45) is 12.7. The van der Waals surface area contributed by atoms with Crippen LogP contribution >= 0.6 is 0 Å². The second-order valence-corrected chi connectivity index (χ2v) is 12.2. The Morgan fingerprint density at radius 2 is 1.72 bits per heavy atom. The SMILES string of the molecule is CC(C)CCC[C@@H](C)[C@H]1CCC2=C3CC[C@H]4C[C@@H](O)CC[C@]4(C)[C@H]3C[C@@H](O)[C@@]21C. The molecule has 0 amide bonds. The lowest BCUT2D eigenvalue weighted by atomic mass is 9.48. The van der Waals surface area contributed by atoms with Crippen LogP contribution in [0.15, 0.2) is 11.1 Å². The van der Waals surface area contributed by atoms with E-state index < -0.39 is 0 Å². The predicted molar refractivity (Wildman–Crippen MR) is 121 cm³/mol. The summed E-state index contributed by atoms with van der Waals surface area (Å²) in [5.41, 5.74) is 3.74. The summed E-state index contributed by atoms with van der Waals surface area (Å²) in [5, 5.41) is 21.8. The van der Waals surface area contributed by atoms with Crippen molar-refractivity contribution in [1.29, 1.82) is 0 Å². The van der Waals surface area contributed by atoms with Gasteiger partial charge in [-0.1, -0.05) is 65.0 Å². The van der Waals surface area contributed by atoms with Gasteiger partial charge in [0.25, 0.3) is 0 Å². The van der Waals surface area contributed by atoms with Crippen molar-refractivity contribution in [3.8, 4) is 0 Å². The molecule has 4 aliphatic carbocycles. The summed E-state index contributed by atoms with van der Waals surface area (Å²) in [7, 11) is 0. The maximum Gasteiger partial charge on any atom is 0.0639 e. The van der Waals surface area contributed by atoms with Crippen molar-refractivity contribution < 1.29 is 10.2 Å². The highest BCUT2D eigenvalue weighted by molar-refractivity contribution is 5.36. The minimum atomic E-state index is -0.186. The average Bonchev–Trinajstić information content (AvgIpc) is 3.02. The Morgan fingerprint density at radius 1 is 0.966 bits per heavy atom. The van der Waals surface area contributed by atoms with E-state index in [1.54, 1.807) is 11.1 Å². The fourth-order valence-electron chi connectivity index (χ4n) is 8.42. The molecule has 3 saturated carbocycles. The first-order valence-corrected chi connectivity index (χ1v) is 12.8. The van der Waals surface area contributed by atoms with Crippen molar-refractivity contribution in [2.75, 3.05) is 0 Å². The Hall–Kier alpha value is -0.340. The number of hydrogen-bond donors (Lipinski definition) is 2. The molecule has 3 fully saturated rings. The van der Waals surface area contributed by atoms with Crippen LogP contribution in [-0.4, -0.2) is 22.4 Å². The van der Waals surface area contributed by atoms with Crippen molar-refractivity contribution in [3.05, 3.63) is 11.1 Å². The molecule has 0 bridgehead atoms. The zero-order valence-corrected chi connectivity index (χ0v) is 19.7. The minimum absolute atomic E-state index is 0.0143. The van der Waals surface area contributed by atoms with E-state index in [1.165, 1.54) is 44.9 Å². The van der Waals surface area contributed by atoms with Gasteiger partial charge >= 0.3 is 0 Å². The molecule has 166 valence electrons. The summed E-state index contributed by atoms with van der Waals surface area (Å²) in [4.78, 5) is 0. The number of fused-ring (bicyclic) bond motifs is 4. The van der Waals surface area contributed by atoms with Crippen molar-refractivity contribution in [1.82, 2.24) is 0 Å². The van der Waals surface area contributed by atoms with Gasteiger partial charge in [-0.15, -0.1) is 0 Å². The summed E-state index contributed by atoms with van der Waals surface area (Å²) in [6, 6.07) is 0. The molecule has 0 aromatic heterocycles. The number of hydrogen-bond acceptors (Lipinski definition) is 2. The van der Waals surface area contributed by atoms with Crippen LogP contribution in [0.1, 0.15) is 105 Å². The van der Waals surface area contributed by atoms with E-state index in [9.17, 15) is 10.2 Å². The van der Waals surface area contributed by atoms with Crippen molar-refractivity contribution >= 4 is 0 Å².